The van der Waals surface area contributed by atoms with E-state index in [4.69, 9.17) is 4.74 Å². The third-order valence-electron chi connectivity index (χ3n) is 4.06. The summed E-state index contributed by atoms with van der Waals surface area (Å²) in [5.74, 6) is 0.816. The zero-order valence-electron chi connectivity index (χ0n) is 13.2. The minimum Gasteiger partial charge on any atom is -0.491 e. The summed E-state index contributed by atoms with van der Waals surface area (Å²) in [4.78, 5) is 2.22. The molecule has 0 radical (unpaired) electrons. The first-order valence-electron chi connectivity index (χ1n) is 7.65. The average molecular weight is 301 g/mol. The average Bonchev–Trinajstić information content (AvgIpc) is 3.04. The molecule has 3 rings (SSSR count). The van der Waals surface area contributed by atoms with E-state index < -0.39 is 5.60 Å². The van der Waals surface area contributed by atoms with Crippen molar-refractivity contribution in [3.63, 3.8) is 0 Å². The van der Waals surface area contributed by atoms with Crippen molar-refractivity contribution in [3.8, 4) is 5.75 Å². The number of β-amino-alcohol motifs (C(OH)–C–C–N with tert-alkyl or cyclic N) is 1. The lowest BCUT2D eigenvalue weighted by Crippen LogP contribution is -2.39. The molecule has 0 aliphatic carbocycles. The van der Waals surface area contributed by atoms with E-state index in [1.165, 1.54) is 0 Å². The Morgan fingerprint density at radius 3 is 2.95 bits per heavy atom. The van der Waals surface area contributed by atoms with Gasteiger partial charge < -0.3 is 9.84 Å². The van der Waals surface area contributed by atoms with Crippen molar-refractivity contribution >= 4 is 0 Å². The molecule has 1 aromatic heterocycles. The number of likely N-dealkylation sites (tertiary alicyclic amines) is 1. The molecule has 0 bridgehead atoms. The summed E-state index contributed by atoms with van der Waals surface area (Å²) in [7, 11) is 1.92. The number of nitrogens with zero attached hydrogens (tertiary/aromatic N) is 3. The van der Waals surface area contributed by atoms with Crippen LogP contribution in [0.15, 0.2) is 36.5 Å². The van der Waals surface area contributed by atoms with Crippen LogP contribution in [0.5, 0.6) is 5.75 Å². The highest BCUT2D eigenvalue weighted by molar-refractivity contribution is 5.27. The minimum atomic E-state index is -0.779. The van der Waals surface area contributed by atoms with Crippen LogP contribution < -0.4 is 4.74 Å². The van der Waals surface area contributed by atoms with E-state index in [2.05, 4.69) is 10.00 Å². The Bertz CT molecular complexity index is 640. The van der Waals surface area contributed by atoms with Crippen molar-refractivity contribution in [2.75, 3.05) is 19.7 Å². The quantitative estimate of drug-likeness (QED) is 0.914. The molecule has 1 N–H and O–H groups in total. The van der Waals surface area contributed by atoms with Crippen molar-refractivity contribution in [1.29, 1.82) is 0 Å². The molecule has 0 amide bonds. The lowest BCUT2D eigenvalue weighted by atomic mass is 10.1. The van der Waals surface area contributed by atoms with Gasteiger partial charge >= 0.3 is 0 Å². The van der Waals surface area contributed by atoms with Gasteiger partial charge in [0.25, 0.3) is 0 Å². The molecule has 22 heavy (non-hydrogen) atoms. The van der Waals surface area contributed by atoms with E-state index in [9.17, 15) is 5.11 Å². The normalized spacial score (nSPS) is 22.1. The number of aryl methyl sites for hydroxylation is 2. The minimum absolute atomic E-state index is 0.329. The summed E-state index contributed by atoms with van der Waals surface area (Å²) in [6, 6.07) is 9.93. The number of ether oxygens (including phenoxy) is 1. The molecular weight excluding hydrogens is 278 g/mol. The predicted octanol–water partition coefficient (Wildman–Crippen LogP) is 1.74. The second-order valence-electron chi connectivity index (χ2n) is 6.27. The Morgan fingerprint density at radius 2 is 2.23 bits per heavy atom. The van der Waals surface area contributed by atoms with Crippen LogP contribution in [-0.4, -0.2) is 45.1 Å². The third kappa shape index (κ3) is 3.67. The van der Waals surface area contributed by atoms with Crippen molar-refractivity contribution in [1.82, 2.24) is 14.7 Å². The molecule has 5 nitrogen and oxygen atoms in total. The summed E-state index contributed by atoms with van der Waals surface area (Å²) >= 11 is 0. The van der Waals surface area contributed by atoms with Gasteiger partial charge in [-0.1, -0.05) is 12.1 Å². The maximum absolute atomic E-state index is 10.7. The Hall–Kier alpha value is -1.85. The van der Waals surface area contributed by atoms with Crippen LogP contribution in [-0.2, 0) is 13.6 Å². The highest BCUT2D eigenvalue weighted by atomic mass is 16.5. The zero-order valence-corrected chi connectivity index (χ0v) is 13.2. The fourth-order valence-electron chi connectivity index (χ4n) is 2.89. The van der Waals surface area contributed by atoms with Crippen molar-refractivity contribution in [2.24, 2.45) is 7.05 Å². The van der Waals surface area contributed by atoms with Gasteiger partial charge in [0.05, 0.1) is 5.69 Å². The van der Waals surface area contributed by atoms with E-state index in [0.29, 0.717) is 13.2 Å². The molecule has 1 aliphatic rings. The number of rotatable bonds is 5. The van der Waals surface area contributed by atoms with E-state index in [1.807, 2.05) is 50.5 Å². The summed E-state index contributed by atoms with van der Waals surface area (Å²) < 4.78 is 7.58. The fourth-order valence-corrected chi connectivity index (χ4v) is 2.89. The maximum atomic E-state index is 10.7. The van der Waals surface area contributed by atoms with E-state index in [-0.39, 0.29) is 0 Å². The molecule has 0 unspecified atom stereocenters. The lowest BCUT2D eigenvalue weighted by molar-refractivity contribution is 0.00328. The van der Waals surface area contributed by atoms with Gasteiger partial charge in [-0.15, -0.1) is 0 Å². The fraction of sp³-hybridized carbons (Fsp3) is 0.471. The van der Waals surface area contributed by atoms with Crippen LogP contribution in [0.1, 0.15) is 17.7 Å². The van der Waals surface area contributed by atoms with Gasteiger partial charge in [0.1, 0.15) is 18.0 Å². The van der Waals surface area contributed by atoms with E-state index in [1.54, 1.807) is 4.68 Å². The molecule has 0 spiro atoms. The second kappa shape index (κ2) is 6.10. The highest BCUT2D eigenvalue weighted by Crippen LogP contribution is 2.24. The summed E-state index contributed by atoms with van der Waals surface area (Å²) in [5.41, 5.74) is 1.41. The van der Waals surface area contributed by atoms with Crippen LogP contribution in [0.3, 0.4) is 0 Å². The zero-order chi connectivity index (χ0) is 15.6. The summed E-state index contributed by atoms with van der Waals surface area (Å²) in [6.45, 7) is 4.62. The third-order valence-corrected chi connectivity index (χ3v) is 4.06. The van der Waals surface area contributed by atoms with E-state index >= 15 is 0 Å². The summed E-state index contributed by atoms with van der Waals surface area (Å²) in [6.07, 6.45) is 2.67. The number of benzene rings is 1. The number of aliphatic hydroxyl groups is 1. The van der Waals surface area contributed by atoms with Gasteiger partial charge in [0.15, 0.2) is 0 Å². The molecule has 5 heteroatoms. The van der Waals surface area contributed by atoms with Crippen LogP contribution in [0.25, 0.3) is 0 Å². The van der Waals surface area contributed by atoms with Crippen LogP contribution in [0, 0.1) is 6.92 Å². The van der Waals surface area contributed by atoms with Gasteiger partial charge in [0, 0.05) is 32.9 Å². The Morgan fingerprint density at radius 1 is 1.36 bits per heavy atom. The molecule has 118 valence electrons. The number of hydrogen-bond acceptors (Lipinski definition) is 4. The van der Waals surface area contributed by atoms with Gasteiger partial charge in [-0.05, 0) is 37.1 Å². The van der Waals surface area contributed by atoms with Crippen LogP contribution in [0.2, 0.25) is 0 Å². The first-order chi connectivity index (χ1) is 10.5. The maximum Gasteiger partial charge on any atom is 0.119 e. The molecule has 1 aromatic carbocycles. The molecule has 1 fully saturated rings. The smallest absolute Gasteiger partial charge is 0.119 e. The Labute approximate surface area is 131 Å². The lowest BCUT2D eigenvalue weighted by Gasteiger charge is -2.23. The SMILES string of the molecule is Cc1cccc(OC[C@]2(O)CCN(Cc3ccn(C)n3)C2)c1. The van der Waals surface area contributed by atoms with Crippen molar-refractivity contribution in [3.05, 3.63) is 47.8 Å². The molecule has 1 atom stereocenters. The van der Waals surface area contributed by atoms with Crippen LogP contribution >= 0.6 is 0 Å². The highest BCUT2D eigenvalue weighted by Gasteiger charge is 2.37. The topological polar surface area (TPSA) is 50.5 Å². The first kappa shape index (κ1) is 15.1. The van der Waals surface area contributed by atoms with Crippen LogP contribution in [0.4, 0.5) is 0 Å². The summed E-state index contributed by atoms with van der Waals surface area (Å²) in [5, 5.41) is 15.1. The van der Waals surface area contributed by atoms with Gasteiger partial charge in [0.2, 0.25) is 0 Å². The number of aromatic nitrogens is 2. The van der Waals surface area contributed by atoms with Crippen molar-refractivity contribution in [2.45, 2.75) is 25.5 Å². The Balaban J connectivity index is 1.54. The Kier molecular flexibility index (Phi) is 4.18. The molecular formula is C17H23N3O2. The van der Waals surface area contributed by atoms with Crippen molar-refractivity contribution < 1.29 is 9.84 Å². The van der Waals surface area contributed by atoms with Gasteiger partial charge in [-0.2, -0.15) is 5.10 Å². The molecule has 1 saturated heterocycles. The first-order valence-corrected chi connectivity index (χ1v) is 7.65. The largest absolute Gasteiger partial charge is 0.491 e. The predicted molar refractivity (Wildman–Crippen MR) is 84.7 cm³/mol. The monoisotopic (exact) mass is 301 g/mol. The van der Waals surface area contributed by atoms with Gasteiger partial charge in [-0.3, -0.25) is 9.58 Å². The van der Waals surface area contributed by atoms with E-state index in [0.717, 1.165) is 36.5 Å². The molecule has 2 heterocycles. The molecule has 1 aliphatic heterocycles. The molecule has 0 saturated carbocycles. The van der Waals surface area contributed by atoms with Gasteiger partial charge in [-0.25, -0.2) is 0 Å². The standard InChI is InChI=1S/C17H23N3O2/c1-14-4-3-5-16(10-14)22-13-17(21)7-9-20(12-17)11-15-6-8-19(2)18-15/h3-6,8,10,21H,7,9,11-13H2,1-2H3/t17-/m0/s1. The molecule has 2 aromatic rings. The number of hydrogen-bond donors (Lipinski definition) is 1. The second-order valence-corrected chi connectivity index (χ2v) is 6.27.